The van der Waals surface area contributed by atoms with Crippen molar-refractivity contribution in [3.8, 4) is 0 Å². The monoisotopic (exact) mass is 294 g/mol. The minimum absolute atomic E-state index is 0.141. The molecule has 1 aliphatic heterocycles. The van der Waals surface area contributed by atoms with Crippen LogP contribution in [-0.2, 0) is 16.1 Å². The zero-order valence-electron chi connectivity index (χ0n) is 11.7. The first kappa shape index (κ1) is 14.0. The molecule has 1 fully saturated rings. The standard InChI is InChI=1S/C17H14N2O3/c20-15-14(13-9-5-2-6-10-13)16(21)19(17(22)18-15)11-12-7-3-1-4-8-12/h1-10,14H,11H2,(H,18,20,22)/t14-/m0/s1. The summed E-state index contributed by atoms with van der Waals surface area (Å²) in [5.74, 6) is -2.06. The van der Waals surface area contributed by atoms with Gasteiger partial charge in [-0.05, 0) is 11.1 Å². The van der Waals surface area contributed by atoms with E-state index in [0.717, 1.165) is 10.5 Å². The maximum atomic E-state index is 12.6. The number of amides is 4. The number of benzene rings is 2. The molecule has 110 valence electrons. The van der Waals surface area contributed by atoms with Crippen LogP contribution in [0, 0.1) is 0 Å². The lowest BCUT2D eigenvalue weighted by molar-refractivity contribution is -0.139. The van der Waals surface area contributed by atoms with Crippen molar-refractivity contribution in [1.82, 2.24) is 10.2 Å². The maximum absolute atomic E-state index is 12.6. The van der Waals surface area contributed by atoms with Gasteiger partial charge >= 0.3 is 6.03 Å². The molecule has 5 heteroatoms. The van der Waals surface area contributed by atoms with Crippen molar-refractivity contribution >= 4 is 17.8 Å². The van der Waals surface area contributed by atoms with E-state index < -0.39 is 23.8 Å². The maximum Gasteiger partial charge on any atom is 0.331 e. The lowest BCUT2D eigenvalue weighted by Crippen LogP contribution is -2.56. The number of carbonyl (C=O) groups is 3. The van der Waals surface area contributed by atoms with Gasteiger partial charge in [-0.15, -0.1) is 0 Å². The highest BCUT2D eigenvalue weighted by Crippen LogP contribution is 2.23. The second-order valence-electron chi connectivity index (χ2n) is 5.05. The average Bonchev–Trinajstić information content (AvgIpc) is 2.53. The fourth-order valence-corrected chi connectivity index (χ4v) is 2.47. The Hall–Kier alpha value is -2.95. The zero-order valence-corrected chi connectivity index (χ0v) is 11.7. The van der Waals surface area contributed by atoms with Gasteiger partial charge < -0.3 is 0 Å². The summed E-state index contributed by atoms with van der Waals surface area (Å²) < 4.78 is 0. The van der Waals surface area contributed by atoms with E-state index in [1.807, 2.05) is 36.4 Å². The zero-order chi connectivity index (χ0) is 15.5. The SMILES string of the molecule is O=C1NC(=O)N(Cc2ccccc2)C(=O)[C@H]1c1ccccc1. The first-order valence-corrected chi connectivity index (χ1v) is 6.92. The van der Waals surface area contributed by atoms with Crippen LogP contribution in [0.2, 0.25) is 0 Å². The number of nitrogens with zero attached hydrogens (tertiary/aromatic N) is 1. The summed E-state index contributed by atoms with van der Waals surface area (Å²) in [5, 5.41) is 2.26. The Bertz CT molecular complexity index is 713. The molecule has 0 aliphatic carbocycles. The Balaban J connectivity index is 1.89. The van der Waals surface area contributed by atoms with Gasteiger partial charge in [0.25, 0.3) is 0 Å². The second kappa shape index (κ2) is 5.81. The van der Waals surface area contributed by atoms with Crippen molar-refractivity contribution < 1.29 is 14.4 Å². The summed E-state index contributed by atoms with van der Waals surface area (Å²) in [6.45, 7) is 0.141. The quantitative estimate of drug-likeness (QED) is 0.881. The molecule has 0 unspecified atom stereocenters. The number of imide groups is 2. The fourth-order valence-electron chi connectivity index (χ4n) is 2.47. The molecular formula is C17H14N2O3. The largest absolute Gasteiger partial charge is 0.331 e. The highest BCUT2D eigenvalue weighted by molar-refractivity contribution is 6.19. The van der Waals surface area contributed by atoms with E-state index in [1.54, 1.807) is 24.3 Å². The lowest BCUT2D eigenvalue weighted by atomic mass is 9.95. The molecule has 0 saturated carbocycles. The van der Waals surface area contributed by atoms with Crippen LogP contribution in [0.25, 0.3) is 0 Å². The van der Waals surface area contributed by atoms with E-state index in [4.69, 9.17) is 0 Å². The molecule has 22 heavy (non-hydrogen) atoms. The number of carbonyl (C=O) groups excluding carboxylic acids is 3. The van der Waals surface area contributed by atoms with Crippen molar-refractivity contribution in [2.24, 2.45) is 0 Å². The predicted molar refractivity (Wildman–Crippen MR) is 79.7 cm³/mol. The second-order valence-corrected chi connectivity index (χ2v) is 5.05. The minimum atomic E-state index is -0.984. The van der Waals surface area contributed by atoms with E-state index in [1.165, 1.54) is 0 Å². The highest BCUT2D eigenvalue weighted by Gasteiger charge is 2.41. The van der Waals surface area contributed by atoms with Crippen LogP contribution in [0.1, 0.15) is 17.0 Å². The molecule has 1 atom stereocenters. The van der Waals surface area contributed by atoms with Crippen LogP contribution >= 0.6 is 0 Å². The molecule has 1 saturated heterocycles. The van der Waals surface area contributed by atoms with Gasteiger partial charge in [0.2, 0.25) is 11.8 Å². The van der Waals surface area contributed by atoms with Gasteiger partial charge in [-0.1, -0.05) is 60.7 Å². The highest BCUT2D eigenvalue weighted by atomic mass is 16.2. The Morgan fingerprint density at radius 2 is 1.45 bits per heavy atom. The van der Waals surface area contributed by atoms with Crippen LogP contribution in [0.15, 0.2) is 60.7 Å². The summed E-state index contributed by atoms with van der Waals surface area (Å²) >= 11 is 0. The van der Waals surface area contributed by atoms with Gasteiger partial charge in [0.15, 0.2) is 0 Å². The third-order valence-electron chi connectivity index (χ3n) is 3.57. The van der Waals surface area contributed by atoms with Crippen LogP contribution in [0.5, 0.6) is 0 Å². The number of barbiturate groups is 1. The first-order valence-electron chi connectivity index (χ1n) is 6.92. The smallest absolute Gasteiger partial charge is 0.277 e. The summed E-state index contributed by atoms with van der Waals surface area (Å²) in [4.78, 5) is 37.7. The normalized spacial score (nSPS) is 18.3. The molecule has 3 rings (SSSR count). The molecule has 0 spiro atoms. The van der Waals surface area contributed by atoms with Gasteiger partial charge in [0.1, 0.15) is 5.92 Å². The van der Waals surface area contributed by atoms with E-state index in [0.29, 0.717) is 5.56 Å². The molecular weight excluding hydrogens is 280 g/mol. The number of nitrogens with one attached hydrogen (secondary N) is 1. The molecule has 2 aromatic carbocycles. The average molecular weight is 294 g/mol. The van der Waals surface area contributed by atoms with Crippen molar-refractivity contribution in [2.45, 2.75) is 12.5 Å². The summed E-state index contributed by atoms with van der Waals surface area (Å²) in [5.41, 5.74) is 1.41. The molecule has 2 aromatic rings. The van der Waals surface area contributed by atoms with Crippen molar-refractivity contribution in [3.05, 3.63) is 71.8 Å². The van der Waals surface area contributed by atoms with Gasteiger partial charge in [-0.3, -0.25) is 19.8 Å². The summed E-state index contributed by atoms with van der Waals surface area (Å²) in [6.07, 6.45) is 0. The minimum Gasteiger partial charge on any atom is -0.277 e. The molecule has 1 aliphatic rings. The van der Waals surface area contributed by atoms with Crippen molar-refractivity contribution in [2.75, 3.05) is 0 Å². The van der Waals surface area contributed by atoms with Gasteiger partial charge in [0.05, 0.1) is 6.54 Å². The fraction of sp³-hybridized carbons (Fsp3) is 0.118. The number of hydrogen-bond donors (Lipinski definition) is 1. The first-order chi connectivity index (χ1) is 10.7. The van der Waals surface area contributed by atoms with Crippen LogP contribution < -0.4 is 5.32 Å². The number of hydrogen-bond acceptors (Lipinski definition) is 3. The molecule has 1 heterocycles. The predicted octanol–water partition coefficient (Wildman–Crippen LogP) is 2.05. The van der Waals surface area contributed by atoms with Crippen molar-refractivity contribution in [3.63, 3.8) is 0 Å². The molecule has 0 bridgehead atoms. The third-order valence-corrected chi connectivity index (χ3v) is 3.57. The van der Waals surface area contributed by atoms with Gasteiger partial charge in [0, 0.05) is 0 Å². The van der Waals surface area contributed by atoms with Crippen LogP contribution in [0.4, 0.5) is 4.79 Å². The van der Waals surface area contributed by atoms with Gasteiger partial charge in [-0.25, -0.2) is 4.79 Å². The summed E-state index contributed by atoms with van der Waals surface area (Å²) in [7, 11) is 0. The number of urea groups is 1. The lowest BCUT2D eigenvalue weighted by Gasteiger charge is -2.30. The Morgan fingerprint density at radius 1 is 0.864 bits per heavy atom. The van der Waals surface area contributed by atoms with Crippen LogP contribution in [0.3, 0.4) is 0 Å². The molecule has 4 amide bonds. The van der Waals surface area contributed by atoms with Crippen LogP contribution in [-0.4, -0.2) is 22.7 Å². The molecule has 0 radical (unpaired) electrons. The Morgan fingerprint density at radius 3 is 2.09 bits per heavy atom. The van der Waals surface area contributed by atoms with E-state index in [9.17, 15) is 14.4 Å². The van der Waals surface area contributed by atoms with E-state index in [-0.39, 0.29) is 6.54 Å². The number of rotatable bonds is 3. The Kier molecular flexibility index (Phi) is 3.70. The van der Waals surface area contributed by atoms with Crippen molar-refractivity contribution in [1.29, 1.82) is 0 Å². The molecule has 5 nitrogen and oxygen atoms in total. The third kappa shape index (κ3) is 2.61. The van der Waals surface area contributed by atoms with Gasteiger partial charge in [-0.2, -0.15) is 0 Å². The Labute approximate surface area is 127 Å². The summed E-state index contributed by atoms with van der Waals surface area (Å²) in [6, 6.07) is 17.2. The topological polar surface area (TPSA) is 66.5 Å². The van der Waals surface area contributed by atoms with E-state index in [2.05, 4.69) is 5.32 Å². The molecule has 0 aromatic heterocycles. The van der Waals surface area contributed by atoms with E-state index >= 15 is 0 Å². The molecule has 1 N–H and O–H groups in total.